The van der Waals surface area contributed by atoms with Crippen molar-refractivity contribution in [3.05, 3.63) is 106 Å². The summed E-state index contributed by atoms with van der Waals surface area (Å²) in [7, 11) is 5.25. The summed E-state index contributed by atoms with van der Waals surface area (Å²) in [5.41, 5.74) is 1.91. The van der Waals surface area contributed by atoms with E-state index in [1.54, 1.807) is 24.3 Å². The Kier molecular flexibility index (Phi) is 7.82. The van der Waals surface area contributed by atoms with Gasteiger partial charge in [-0.2, -0.15) is 0 Å². The van der Waals surface area contributed by atoms with E-state index in [1.807, 2.05) is 61.5 Å². The topological polar surface area (TPSA) is 92.5 Å². The molecule has 9 heteroatoms. The van der Waals surface area contributed by atoms with E-state index in [0.29, 0.717) is 46.2 Å². The van der Waals surface area contributed by atoms with Crippen LogP contribution in [0.5, 0.6) is 11.5 Å². The molecule has 1 aromatic heterocycles. The van der Waals surface area contributed by atoms with Gasteiger partial charge in [0.15, 0.2) is 22.9 Å². The second-order valence-electron chi connectivity index (χ2n) is 9.78. The predicted octanol–water partition coefficient (Wildman–Crippen LogP) is 5.81. The molecule has 8 nitrogen and oxygen atoms in total. The van der Waals surface area contributed by atoms with Crippen LogP contribution >= 0.6 is 11.6 Å². The molecule has 1 amide bonds. The Morgan fingerprint density at radius 1 is 1.07 bits per heavy atom. The molecule has 0 radical (unpaired) electrons. The number of amides is 1. The van der Waals surface area contributed by atoms with Gasteiger partial charge in [-0.1, -0.05) is 54.1 Å². The van der Waals surface area contributed by atoms with Crippen molar-refractivity contribution in [2.24, 2.45) is 0 Å². The van der Waals surface area contributed by atoms with E-state index in [2.05, 4.69) is 0 Å². The molecule has 0 fully saturated rings. The Balaban J connectivity index is 1.53. The summed E-state index contributed by atoms with van der Waals surface area (Å²) in [6.07, 6.45) is 0. The van der Waals surface area contributed by atoms with Gasteiger partial charge < -0.3 is 28.8 Å². The van der Waals surface area contributed by atoms with Gasteiger partial charge in [-0.05, 0) is 49.5 Å². The van der Waals surface area contributed by atoms with Crippen molar-refractivity contribution in [3.8, 4) is 11.5 Å². The summed E-state index contributed by atoms with van der Waals surface area (Å²) >= 11 is 6.20. The third-order valence-electron chi connectivity index (χ3n) is 6.75. The van der Waals surface area contributed by atoms with Crippen LogP contribution in [0.15, 0.2) is 88.5 Å². The Bertz CT molecular complexity index is 1590. The average Bonchev–Trinajstić information content (AvgIpc) is 3.49. The number of benzene rings is 3. The van der Waals surface area contributed by atoms with E-state index in [-0.39, 0.29) is 17.9 Å². The SMILES string of the molecule is COc1cc(Cl)cc2cc(C(=O)C3=C(O)C(=O)N(CCN(C)C)C3c3cccc(OCc4ccccc4)c3)oc12. The molecule has 0 aliphatic carbocycles. The zero-order valence-electron chi connectivity index (χ0n) is 22.4. The highest BCUT2D eigenvalue weighted by Gasteiger charge is 2.44. The highest BCUT2D eigenvalue weighted by Crippen LogP contribution is 2.41. The van der Waals surface area contributed by atoms with E-state index in [4.69, 9.17) is 25.5 Å². The summed E-state index contributed by atoms with van der Waals surface area (Å²) in [6.45, 7) is 1.17. The number of carbonyl (C=O) groups excluding carboxylic acids is 2. The molecule has 0 spiro atoms. The highest BCUT2D eigenvalue weighted by molar-refractivity contribution is 6.31. The molecule has 3 aromatic carbocycles. The average molecular weight is 561 g/mol. The van der Waals surface area contributed by atoms with Gasteiger partial charge in [-0.15, -0.1) is 0 Å². The number of ether oxygens (including phenoxy) is 2. The lowest BCUT2D eigenvalue weighted by Gasteiger charge is -2.28. The minimum Gasteiger partial charge on any atom is -0.503 e. The number of halogens is 1. The fourth-order valence-corrected chi connectivity index (χ4v) is 4.98. The van der Waals surface area contributed by atoms with Crippen LogP contribution in [-0.2, 0) is 11.4 Å². The number of hydrogen-bond acceptors (Lipinski definition) is 7. The standard InChI is InChI=1S/C31H29ClN2O6/c1-33(2)12-13-34-27(20-10-7-11-23(15-20)39-18-19-8-5-4-6-9-19)26(29(36)31(34)37)28(35)24-16-21-14-22(32)17-25(38-3)30(21)40-24/h4-11,14-17,27,36H,12-13,18H2,1-3H3. The van der Waals surface area contributed by atoms with Crippen molar-refractivity contribution in [3.63, 3.8) is 0 Å². The number of carbonyl (C=O) groups is 2. The normalized spacial score (nSPS) is 15.4. The lowest BCUT2D eigenvalue weighted by Crippen LogP contribution is -2.36. The molecule has 40 heavy (non-hydrogen) atoms. The molecule has 1 unspecified atom stereocenters. The third-order valence-corrected chi connectivity index (χ3v) is 6.97. The first-order valence-electron chi connectivity index (χ1n) is 12.7. The van der Waals surface area contributed by atoms with Gasteiger partial charge in [0, 0.05) is 29.6 Å². The molecule has 1 atom stereocenters. The van der Waals surface area contributed by atoms with E-state index in [0.717, 1.165) is 5.56 Å². The van der Waals surface area contributed by atoms with Crippen LogP contribution in [0.2, 0.25) is 5.02 Å². The van der Waals surface area contributed by atoms with Crippen LogP contribution in [0.3, 0.4) is 0 Å². The fourth-order valence-electron chi connectivity index (χ4n) is 4.77. The monoisotopic (exact) mass is 560 g/mol. The first-order valence-corrected chi connectivity index (χ1v) is 13.1. The van der Waals surface area contributed by atoms with E-state index in [9.17, 15) is 14.7 Å². The quantitative estimate of drug-likeness (QED) is 0.245. The molecule has 0 saturated heterocycles. The maximum Gasteiger partial charge on any atom is 0.290 e. The molecule has 1 N–H and O–H groups in total. The number of hydrogen-bond donors (Lipinski definition) is 1. The Morgan fingerprint density at radius 2 is 1.85 bits per heavy atom. The van der Waals surface area contributed by atoms with Crippen molar-refractivity contribution in [1.82, 2.24) is 9.80 Å². The molecule has 1 aliphatic heterocycles. The van der Waals surface area contributed by atoms with Gasteiger partial charge in [-0.25, -0.2) is 0 Å². The molecule has 206 valence electrons. The Hall–Kier alpha value is -4.27. The molecular formula is C31H29ClN2O6. The zero-order valence-corrected chi connectivity index (χ0v) is 23.1. The fraction of sp³-hybridized carbons (Fsp3) is 0.226. The van der Waals surface area contributed by atoms with E-state index in [1.165, 1.54) is 18.1 Å². The number of aliphatic hydroxyl groups excluding tert-OH is 1. The van der Waals surface area contributed by atoms with Crippen molar-refractivity contribution in [2.75, 3.05) is 34.3 Å². The molecule has 1 aliphatic rings. The lowest BCUT2D eigenvalue weighted by molar-refractivity contribution is -0.129. The number of fused-ring (bicyclic) bond motifs is 1. The van der Waals surface area contributed by atoms with Crippen molar-refractivity contribution in [2.45, 2.75) is 12.6 Å². The van der Waals surface area contributed by atoms with Crippen LogP contribution < -0.4 is 9.47 Å². The number of Topliss-reactive ketones (excluding diaryl/α,β-unsaturated/α-hetero) is 1. The maximum atomic E-state index is 13.9. The van der Waals surface area contributed by atoms with Crippen molar-refractivity contribution >= 4 is 34.3 Å². The second-order valence-corrected chi connectivity index (χ2v) is 10.2. The van der Waals surface area contributed by atoms with Crippen molar-refractivity contribution < 1.29 is 28.6 Å². The molecule has 2 heterocycles. The first-order chi connectivity index (χ1) is 19.3. The summed E-state index contributed by atoms with van der Waals surface area (Å²) in [5, 5.41) is 12.0. The Labute approximate surface area is 237 Å². The van der Waals surface area contributed by atoms with Crippen LogP contribution in [0.1, 0.15) is 27.7 Å². The summed E-state index contributed by atoms with van der Waals surface area (Å²) in [5.74, 6) is -0.927. The van der Waals surface area contributed by atoms with Crippen LogP contribution in [-0.4, -0.2) is 60.9 Å². The number of nitrogens with zero attached hydrogens (tertiary/aromatic N) is 2. The van der Waals surface area contributed by atoms with Crippen LogP contribution in [0, 0.1) is 0 Å². The van der Waals surface area contributed by atoms with Gasteiger partial charge in [0.25, 0.3) is 5.91 Å². The number of ketones is 1. The maximum absolute atomic E-state index is 13.9. The van der Waals surface area contributed by atoms with Crippen molar-refractivity contribution in [1.29, 1.82) is 0 Å². The number of methoxy groups -OCH3 is 1. The van der Waals surface area contributed by atoms with Gasteiger partial charge in [0.2, 0.25) is 5.78 Å². The lowest BCUT2D eigenvalue weighted by atomic mass is 9.95. The third kappa shape index (κ3) is 5.41. The van der Waals surface area contributed by atoms with E-state index >= 15 is 0 Å². The van der Waals surface area contributed by atoms with Gasteiger partial charge in [0.1, 0.15) is 12.4 Å². The molecule has 0 bridgehead atoms. The zero-order chi connectivity index (χ0) is 28.4. The minimum absolute atomic E-state index is 0.0409. The minimum atomic E-state index is -0.848. The van der Waals surface area contributed by atoms with Crippen LogP contribution in [0.4, 0.5) is 0 Å². The van der Waals surface area contributed by atoms with Crippen LogP contribution in [0.25, 0.3) is 11.0 Å². The smallest absolute Gasteiger partial charge is 0.290 e. The number of rotatable bonds is 10. The first kappa shape index (κ1) is 27.3. The molecular weight excluding hydrogens is 532 g/mol. The predicted molar refractivity (Wildman–Crippen MR) is 152 cm³/mol. The molecule has 0 saturated carbocycles. The highest BCUT2D eigenvalue weighted by atomic mass is 35.5. The Morgan fingerprint density at radius 3 is 2.58 bits per heavy atom. The molecule has 5 rings (SSSR count). The van der Waals surface area contributed by atoms with Gasteiger partial charge >= 0.3 is 0 Å². The molecule has 4 aromatic rings. The van der Waals surface area contributed by atoms with Gasteiger partial charge in [-0.3, -0.25) is 9.59 Å². The summed E-state index contributed by atoms with van der Waals surface area (Å²) in [6, 6.07) is 20.9. The van der Waals surface area contributed by atoms with E-state index < -0.39 is 23.5 Å². The van der Waals surface area contributed by atoms with Gasteiger partial charge in [0.05, 0.1) is 18.7 Å². The summed E-state index contributed by atoms with van der Waals surface area (Å²) < 4.78 is 17.3. The largest absolute Gasteiger partial charge is 0.503 e. The summed E-state index contributed by atoms with van der Waals surface area (Å²) in [4.78, 5) is 30.6. The number of likely N-dealkylation sites (N-methyl/N-ethyl adjacent to an activating group) is 1. The number of furan rings is 1. The second kappa shape index (κ2) is 11.5. The number of aliphatic hydroxyl groups is 1.